The fraction of sp³-hybridized carbons (Fsp3) is 0. The molecule has 0 fully saturated rings. The normalized spacial score (nSPS) is 9.42. The molecular weight excluding hydrogens is 184 g/mol. The molecule has 0 aromatic carbocycles. The Morgan fingerprint density at radius 1 is 1.67 bits per heavy atom. The third kappa shape index (κ3) is 1.40. The van der Waals surface area contributed by atoms with Crippen LogP contribution in [-0.2, 0) is 0 Å². The van der Waals surface area contributed by atoms with Crippen LogP contribution in [0.15, 0.2) is 12.3 Å². The van der Waals surface area contributed by atoms with Gasteiger partial charge < -0.3 is 0 Å². The second-order valence-electron chi connectivity index (χ2n) is 1.90. The molecule has 0 amide bonds. The van der Waals surface area contributed by atoms with Crippen molar-refractivity contribution >= 4 is 23.6 Å². The highest BCUT2D eigenvalue weighted by Crippen LogP contribution is 2.24. The Labute approximate surface area is 72.1 Å². The Hall–Kier alpha value is -1.49. The monoisotopic (exact) mass is 186 g/mol. The third-order valence-electron chi connectivity index (χ3n) is 1.20. The predicted octanol–water partition coefficient (Wildman–Crippen LogP) is 1.46. The zero-order valence-corrected chi connectivity index (χ0v) is 6.49. The van der Waals surface area contributed by atoms with Gasteiger partial charge in [-0.3, -0.25) is 14.9 Å². The summed E-state index contributed by atoms with van der Waals surface area (Å²) in [6.45, 7) is 0. The molecule has 1 rings (SSSR count). The summed E-state index contributed by atoms with van der Waals surface area (Å²) in [5.41, 5.74) is -0.707. The Morgan fingerprint density at radius 3 is 2.75 bits per heavy atom. The molecule has 0 aliphatic carbocycles. The van der Waals surface area contributed by atoms with Gasteiger partial charge in [0.25, 0.3) is 0 Å². The third-order valence-corrected chi connectivity index (χ3v) is 1.50. The lowest BCUT2D eigenvalue weighted by molar-refractivity contribution is -0.385. The SMILES string of the molecule is O=Cc1nccc(Cl)c1[N+](=O)[O-]. The number of halogens is 1. The number of nitrogens with zero attached hydrogens (tertiary/aromatic N) is 2. The summed E-state index contributed by atoms with van der Waals surface area (Å²) in [4.78, 5) is 23.3. The van der Waals surface area contributed by atoms with Crippen LogP contribution in [0.2, 0.25) is 5.02 Å². The maximum atomic E-state index is 10.3. The van der Waals surface area contributed by atoms with E-state index in [4.69, 9.17) is 11.6 Å². The molecule has 62 valence electrons. The molecular formula is C6H3ClN2O3. The largest absolute Gasteiger partial charge is 0.316 e. The smallest absolute Gasteiger partial charge is 0.296 e. The topological polar surface area (TPSA) is 73.1 Å². The van der Waals surface area contributed by atoms with Crippen molar-refractivity contribution in [1.82, 2.24) is 4.98 Å². The maximum absolute atomic E-state index is 10.3. The van der Waals surface area contributed by atoms with Crippen LogP contribution in [0, 0.1) is 10.1 Å². The van der Waals surface area contributed by atoms with Crippen LogP contribution < -0.4 is 0 Å². The minimum absolute atomic E-state index is 0.0860. The van der Waals surface area contributed by atoms with Crippen LogP contribution >= 0.6 is 11.6 Å². The van der Waals surface area contributed by atoms with Gasteiger partial charge in [0.15, 0.2) is 12.0 Å². The Morgan fingerprint density at radius 2 is 2.33 bits per heavy atom. The molecule has 0 saturated carbocycles. The van der Waals surface area contributed by atoms with Crippen molar-refractivity contribution in [2.45, 2.75) is 0 Å². The van der Waals surface area contributed by atoms with Crippen LogP contribution in [0.5, 0.6) is 0 Å². The molecule has 0 aliphatic rings. The number of rotatable bonds is 2. The van der Waals surface area contributed by atoms with Crippen molar-refractivity contribution < 1.29 is 9.72 Å². The molecule has 0 saturated heterocycles. The maximum Gasteiger partial charge on any atom is 0.316 e. The van der Waals surface area contributed by atoms with Gasteiger partial charge in [-0.25, -0.2) is 4.98 Å². The minimum atomic E-state index is -0.737. The average Bonchev–Trinajstić information content (AvgIpc) is 2.03. The molecule has 12 heavy (non-hydrogen) atoms. The predicted molar refractivity (Wildman–Crippen MR) is 41.3 cm³/mol. The van der Waals surface area contributed by atoms with Gasteiger partial charge in [-0.2, -0.15) is 0 Å². The van der Waals surface area contributed by atoms with E-state index < -0.39 is 10.6 Å². The van der Waals surface area contributed by atoms with Crippen molar-refractivity contribution in [3.63, 3.8) is 0 Å². The Kier molecular flexibility index (Phi) is 2.35. The summed E-state index contributed by atoms with van der Waals surface area (Å²) in [5, 5.41) is 10.2. The number of hydrogen-bond donors (Lipinski definition) is 0. The van der Waals surface area contributed by atoms with Crippen LogP contribution in [-0.4, -0.2) is 16.2 Å². The number of pyridine rings is 1. The first-order chi connectivity index (χ1) is 5.66. The number of aldehydes is 1. The zero-order valence-electron chi connectivity index (χ0n) is 5.73. The van der Waals surface area contributed by atoms with Crippen LogP contribution in [0.25, 0.3) is 0 Å². The highest BCUT2D eigenvalue weighted by Gasteiger charge is 2.18. The molecule has 5 nitrogen and oxygen atoms in total. The summed E-state index contributed by atoms with van der Waals surface area (Å²) in [7, 11) is 0. The molecule has 0 spiro atoms. The molecule has 1 aromatic rings. The van der Waals surface area contributed by atoms with Gasteiger partial charge in [0.2, 0.25) is 0 Å². The first-order valence-corrected chi connectivity index (χ1v) is 3.28. The van der Waals surface area contributed by atoms with Gasteiger partial charge in [0.05, 0.1) is 4.92 Å². The summed E-state index contributed by atoms with van der Waals surface area (Å²) >= 11 is 5.46. The van der Waals surface area contributed by atoms with E-state index in [2.05, 4.69) is 4.98 Å². The first-order valence-electron chi connectivity index (χ1n) is 2.91. The van der Waals surface area contributed by atoms with E-state index in [9.17, 15) is 14.9 Å². The molecule has 1 aromatic heterocycles. The molecule has 6 heteroatoms. The summed E-state index contributed by atoms with van der Waals surface area (Å²) < 4.78 is 0. The van der Waals surface area contributed by atoms with Crippen molar-refractivity contribution in [3.8, 4) is 0 Å². The lowest BCUT2D eigenvalue weighted by Crippen LogP contribution is -1.97. The highest BCUT2D eigenvalue weighted by atomic mass is 35.5. The molecule has 0 N–H and O–H groups in total. The Bertz CT molecular complexity index is 340. The van der Waals surface area contributed by atoms with Crippen molar-refractivity contribution in [2.24, 2.45) is 0 Å². The summed E-state index contributed by atoms with van der Waals surface area (Å²) in [6, 6.07) is 1.26. The van der Waals surface area contributed by atoms with Crippen molar-refractivity contribution in [1.29, 1.82) is 0 Å². The fourth-order valence-corrected chi connectivity index (χ4v) is 0.935. The lowest BCUT2D eigenvalue weighted by Gasteiger charge is -1.95. The quantitative estimate of drug-likeness (QED) is 0.398. The average molecular weight is 187 g/mol. The summed E-state index contributed by atoms with van der Waals surface area (Å²) in [6.07, 6.45) is 1.53. The van der Waals surface area contributed by atoms with E-state index in [1.54, 1.807) is 0 Å². The van der Waals surface area contributed by atoms with Crippen LogP contribution in [0.3, 0.4) is 0 Å². The number of hydrogen-bond acceptors (Lipinski definition) is 4. The van der Waals surface area contributed by atoms with Gasteiger partial charge in [-0.15, -0.1) is 0 Å². The Balaban J connectivity index is 3.39. The molecule has 0 aliphatic heterocycles. The van der Waals surface area contributed by atoms with E-state index >= 15 is 0 Å². The number of carbonyl (C=O) groups is 1. The van der Waals surface area contributed by atoms with E-state index in [1.807, 2.05) is 0 Å². The highest BCUT2D eigenvalue weighted by molar-refractivity contribution is 6.33. The second kappa shape index (κ2) is 3.27. The van der Waals surface area contributed by atoms with Gasteiger partial charge in [0.1, 0.15) is 5.02 Å². The van der Waals surface area contributed by atoms with Crippen LogP contribution in [0.1, 0.15) is 10.5 Å². The van der Waals surface area contributed by atoms with E-state index in [1.165, 1.54) is 12.3 Å². The van der Waals surface area contributed by atoms with Crippen LogP contribution in [0.4, 0.5) is 5.69 Å². The minimum Gasteiger partial charge on any atom is -0.296 e. The molecule has 0 atom stereocenters. The number of nitro groups is 1. The van der Waals surface area contributed by atoms with E-state index in [-0.39, 0.29) is 10.7 Å². The van der Waals surface area contributed by atoms with Gasteiger partial charge in [-0.05, 0) is 6.07 Å². The zero-order chi connectivity index (χ0) is 9.14. The lowest BCUT2D eigenvalue weighted by atomic mass is 10.3. The number of carbonyl (C=O) groups excluding carboxylic acids is 1. The van der Waals surface area contributed by atoms with E-state index in [0.29, 0.717) is 6.29 Å². The van der Waals surface area contributed by atoms with Gasteiger partial charge >= 0.3 is 5.69 Å². The molecule has 0 radical (unpaired) electrons. The van der Waals surface area contributed by atoms with Crippen molar-refractivity contribution in [3.05, 3.63) is 33.1 Å². The van der Waals surface area contributed by atoms with Crippen molar-refractivity contribution in [2.75, 3.05) is 0 Å². The molecule has 1 heterocycles. The van der Waals surface area contributed by atoms with Gasteiger partial charge in [0, 0.05) is 6.20 Å². The molecule has 0 bridgehead atoms. The molecule has 0 unspecified atom stereocenters. The van der Waals surface area contributed by atoms with Gasteiger partial charge in [-0.1, -0.05) is 11.6 Å². The number of aromatic nitrogens is 1. The first kappa shape index (κ1) is 8.61. The standard InChI is InChI=1S/C6H3ClN2O3/c7-4-1-2-8-5(3-10)6(4)9(11)12/h1-3H. The van der Waals surface area contributed by atoms with E-state index in [0.717, 1.165) is 0 Å². The summed E-state index contributed by atoms with van der Waals surface area (Å²) in [5.74, 6) is 0. The second-order valence-corrected chi connectivity index (χ2v) is 2.31. The fourth-order valence-electron chi connectivity index (χ4n) is 0.712.